The van der Waals surface area contributed by atoms with Gasteiger partial charge >= 0.3 is 30.8 Å². The van der Waals surface area contributed by atoms with E-state index in [0.29, 0.717) is 41.3 Å². The summed E-state index contributed by atoms with van der Waals surface area (Å²) in [6, 6.07) is 4.81. The van der Waals surface area contributed by atoms with Crippen LogP contribution in [0.2, 0.25) is 0 Å². The SMILES string of the molecule is COc1ccc(C(F)(F)F)cc1-c1ccc(C(F)(F)F)cc1CN1C[C@H](c2cc(C(F)(F)F)cc(C(F)(F)F)c2)OC1=O. The van der Waals surface area contributed by atoms with Gasteiger partial charge in [-0.15, -0.1) is 0 Å². The van der Waals surface area contributed by atoms with Crippen LogP contribution < -0.4 is 4.74 Å². The molecule has 3 aromatic carbocycles. The van der Waals surface area contributed by atoms with E-state index < -0.39 is 77.8 Å². The van der Waals surface area contributed by atoms with Gasteiger partial charge in [0.15, 0.2) is 0 Å². The number of carbonyl (C=O) groups excluding carboxylic acids is 1. The molecule has 0 aromatic heterocycles. The molecule has 43 heavy (non-hydrogen) atoms. The lowest BCUT2D eigenvalue weighted by Crippen LogP contribution is -2.24. The van der Waals surface area contributed by atoms with Gasteiger partial charge in [-0.3, -0.25) is 4.90 Å². The Bertz CT molecular complexity index is 1490. The summed E-state index contributed by atoms with van der Waals surface area (Å²) in [6.07, 6.45) is -23.2. The van der Waals surface area contributed by atoms with E-state index in [2.05, 4.69) is 0 Å². The van der Waals surface area contributed by atoms with Crippen LogP contribution in [0.15, 0.2) is 54.6 Å². The summed E-state index contributed by atoms with van der Waals surface area (Å²) < 4.78 is 171. The molecular formula is C27H17F12NO3. The maximum Gasteiger partial charge on any atom is 0.416 e. The van der Waals surface area contributed by atoms with Gasteiger partial charge in [-0.2, -0.15) is 52.7 Å². The fraction of sp³-hybridized carbons (Fsp3) is 0.296. The molecule has 1 heterocycles. The number of cyclic esters (lactones) is 1. The monoisotopic (exact) mass is 631 g/mol. The molecular weight excluding hydrogens is 614 g/mol. The van der Waals surface area contributed by atoms with Crippen molar-refractivity contribution in [3.63, 3.8) is 0 Å². The van der Waals surface area contributed by atoms with Crippen molar-refractivity contribution in [3.8, 4) is 16.9 Å². The predicted octanol–water partition coefficient (Wildman–Crippen LogP) is 9.13. The average Bonchev–Trinajstić information content (AvgIpc) is 3.26. The van der Waals surface area contributed by atoms with Gasteiger partial charge in [0.1, 0.15) is 11.9 Å². The van der Waals surface area contributed by atoms with Gasteiger partial charge < -0.3 is 9.47 Å². The van der Waals surface area contributed by atoms with E-state index in [-0.39, 0.29) is 28.5 Å². The van der Waals surface area contributed by atoms with Gasteiger partial charge in [-0.1, -0.05) is 6.07 Å². The van der Waals surface area contributed by atoms with Crippen molar-refractivity contribution in [2.75, 3.05) is 13.7 Å². The van der Waals surface area contributed by atoms with Crippen LogP contribution in [0.25, 0.3) is 11.1 Å². The second-order valence-corrected chi connectivity index (χ2v) is 9.37. The first-order valence-electron chi connectivity index (χ1n) is 11.9. The highest BCUT2D eigenvalue weighted by Crippen LogP contribution is 2.42. The molecule has 0 spiro atoms. The molecule has 16 heteroatoms. The number of benzene rings is 3. The number of hydrogen-bond acceptors (Lipinski definition) is 3. The van der Waals surface area contributed by atoms with Crippen LogP contribution in [0.1, 0.15) is 39.5 Å². The number of hydrogen-bond donors (Lipinski definition) is 0. The predicted molar refractivity (Wildman–Crippen MR) is 125 cm³/mol. The molecule has 4 nitrogen and oxygen atoms in total. The lowest BCUT2D eigenvalue weighted by atomic mass is 9.94. The van der Waals surface area contributed by atoms with Gasteiger partial charge in [0.25, 0.3) is 0 Å². The van der Waals surface area contributed by atoms with Crippen molar-refractivity contribution < 1.29 is 67.0 Å². The molecule has 0 aliphatic carbocycles. The lowest BCUT2D eigenvalue weighted by Gasteiger charge is -2.20. The number of alkyl halides is 12. The van der Waals surface area contributed by atoms with E-state index in [0.717, 1.165) is 19.2 Å². The van der Waals surface area contributed by atoms with Crippen molar-refractivity contribution >= 4 is 6.09 Å². The summed E-state index contributed by atoms with van der Waals surface area (Å²) in [7, 11) is 1.10. The number of carbonyl (C=O) groups is 1. The molecule has 0 unspecified atom stereocenters. The van der Waals surface area contributed by atoms with Gasteiger partial charge in [0, 0.05) is 12.1 Å². The number of halogens is 12. The topological polar surface area (TPSA) is 38.8 Å². The number of methoxy groups -OCH3 is 1. The summed E-state index contributed by atoms with van der Waals surface area (Å²) in [5, 5.41) is 0. The van der Waals surface area contributed by atoms with Crippen molar-refractivity contribution in [2.24, 2.45) is 0 Å². The lowest BCUT2D eigenvalue weighted by molar-refractivity contribution is -0.143. The summed E-state index contributed by atoms with van der Waals surface area (Å²) in [5.41, 5.74) is -7.31. The van der Waals surface area contributed by atoms with E-state index in [1.165, 1.54) is 0 Å². The zero-order valence-electron chi connectivity index (χ0n) is 21.4. The summed E-state index contributed by atoms with van der Waals surface area (Å²) in [5.74, 6) is -0.167. The Morgan fingerprint density at radius 2 is 1.21 bits per heavy atom. The zero-order valence-corrected chi connectivity index (χ0v) is 21.4. The molecule has 3 aromatic rings. The van der Waals surface area contributed by atoms with Gasteiger partial charge in [0.2, 0.25) is 0 Å². The second-order valence-electron chi connectivity index (χ2n) is 9.37. The maximum absolute atomic E-state index is 13.5. The highest BCUT2D eigenvalue weighted by molar-refractivity contribution is 5.76. The van der Waals surface area contributed by atoms with Crippen LogP contribution in [0.3, 0.4) is 0 Å². The zero-order chi connectivity index (χ0) is 32.1. The largest absolute Gasteiger partial charge is 0.496 e. The third-order valence-corrected chi connectivity index (χ3v) is 6.48. The molecule has 0 N–H and O–H groups in total. The molecule has 0 bridgehead atoms. The Hall–Kier alpha value is -4.11. The van der Waals surface area contributed by atoms with E-state index in [9.17, 15) is 57.5 Å². The van der Waals surface area contributed by atoms with E-state index in [4.69, 9.17) is 9.47 Å². The fourth-order valence-electron chi connectivity index (χ4n) is 4.44. The quantitative estimate of drug-likeness (QED) is 0.264. The van der Waals surface area contributed by atoms with E-state index >= 15 is 0 Å². The minimum Gasteiger partial charge on any atom is -0.496 e. The van der Waals surface area contributed by atoms with Crippen LogP contribution in [0, 0.1) is 0 Å². The van der Waals surface area contributed by atoms with Crippen molar-refractivity contribution in [1.29, 1.82) is 0 Å². The standard InChI is InChI=1S/C27H17F12NO3/c1-42-21-5-3-16(25(31,32)33)10-20(21)19-4-2-15(24(28,29)30)8-14(19)11-40-12-22(43-23(40)41)13-6-17(26(34,35)36)9-18(7-13)27(37,38)39/h2-10,22H,11-12H2,1H3/t22-/m1/s1. The highest BCUT2D eigenvalue weighted by Gasteiger charge is 2.41. The Balaban J connectivity index is 1.76. The molecule has 0 saturated carbocycles. The Morgan fingerprint density at radius 3 is 1.72 bits per heavy atom. The molecule has 4 rings (SSSR count). The van der Waals surface area contributed by atoms with Crippen LogP contribution in [-0.4, -0.2) is 24.6 Å². The fourth-order valence-corrected chi connectivity index (χ4v) is 4.44. The van der Waals surface area contributed by atoms with E-state index in [1.54, 1.807) is 0 Å². The number of amides is 1. The van der Waals surface area contributed by atoms with Crippen LogP contribution in [0.5, 0.6) is 5.75 Å². The minimum absolute atomic E-state index is 0.130. The molecule has 1 saturated heterocycles. The van der Waals surface area contributed by atoms with Crippen molar-refractivity contribution in [3.05, 3.63) is 88.0 Å². The van der Waals surface area contributed by atoms with Crippen molar-refractivity contribution in [1.82, 2.24) is 4.90 Å². The smallest absolute Gasteiger partial charge is 0.416 e. The Kier molecular flexibility index (Phi) is 8.04. The molecule has 232 valence electrons. The third kappa shape index (κ3) is 6.94. The minimum atomic E-state index is -5.20. The Morgan fingerprint density at radius 1 is 0.698 bits per heavy atom. The molecule has 1 amide bonds. The van der Waals surface area contributed by atoms with Crippen LogP contribution in [0.4, 0.5) is 57.5 Å². The van der Waals surface area contributed by atoms with Crippen LogP contribution in [-0.2, 0) is 36.0 Å². The molecule has 1 atom stereocenters. The first-order valence-corrected chi connectivity index (χ1v) is 11.9. The third-order valence-electron chi connectivity index (χ3n) is 6.48. The molecule has 1 aliphatic rings. The first-order chi connectivity index (χ1) is 19.7. The van der Waals surface area contributed by atoms with Crippen molar-refractivity contribution in [2.45, 2.75) is 37.4 Å². The summed E-state index contributed by atoms with van der Waals surface area (Å²) in [4.78, 5) is 13.3. The first kappa shape index (κ1) is 31.8. The number of nitrogens with zero attached hydrogens (tertiary/aromatic N) is 1. The normalized spacial score (nSPS) is 16.4. The van der Waals surface area contributed by atoms with Gasteiger partial charge in [-0.25, -0.2) is 4.79 Å². The molecule has 0 radical (unpaired) electrons. The second kappa shape index (κ2) is 10.9. The van der Waals surface area contributed by atoms with Gasteiger partial charge in [-0.05, 0) is 65.2 Å². The summed E-state index contributed by atoms with van der Waals surface area (Å²) in [6.45, 7) is -1.45. The average molecular weight is 631 g/mol. The summed E-state index contributed by atoms with van der Waals surface area (Å²) >= 11 is 0. The highest BCUT2D eigenvalue weighted by atomic mass is 19.4. The Labute approximate surface area is 234 Å². The number of ether oxygens (including phenoxy) is 2. The van der Waals surface area contributed by atoms with Crippen LogP contribution >= 0.6 is 0 Å². The van der Waals surface area contributed by atoms with E-state index in [1.807, 2.05) is 0 Å². The van der Waals surface area contributed by atoms with Gasteiger partial charge in [0.05, 0.1) is 35.9 Å². The molecule has 1 fully saturated rings. The maximum atomic E-state index is 13.5. The number of rotatable bonds is 5. The molecule has 1 aliphatic heterocycles.